The van der Waals surface area contributed by atoms with Gasteiger partial charge in [0.1, 0.15) is 11.4 Å². The third-order valence-corrected chi connectivity index (χ3v) is 4.41. The molecule has 0 saturated carbocycles. The summed E-state index contributed by atoms with van der Waals surface area (Å²) in [7, 11) is 1.58. The van der Waals surface area contributed by atoms with Gasteiger partial charge in [-0.25, -0.2) is 9.37 Å². The van der Waals surface area contributed by atoms with Crippen molar-refractivity contribution < 1.29 is 9.18 Å². The van der Waals surface area contributed by atoms with Crippen molar-refractivity contribution in [3.63, 3.8) is 0 Å². The molecule has 0 aliphatic carbocycles. The molecule has 1 aliphatic heterocycles. The molecule has 0 radical (unpaired) electrons. The van der Waals surface area contributed by atoms with Gasteiger partial charge in [-0.3, -0.25) is 14.2 Å². The van der Waals surface area contributed by atoms with E-state index in [-0.39, 0.29) is 23.5 Å². The van der Waals surface area contributed by atoms with Crippen LogP contribution in [-0.2, 0) is 13.1 Å². The first-order valence-corrected chi connectivity index (χ1v) is 7.77. The third-order valence-electron chi connectivity index (χ3n) is 3.44. The molecule has 1 amide bonds. The normalized spacial score (nSPS) is 13.0. The lowest BCUT2D eigenvalue weighted by molar-refractivity contribution is 0.0781. The number of carbonyl (C=O) groups is 1. The van der Waals surface area contributed by atoms with Gasteiger partial charge in [0.2, 0.25) is 0 Å². The maximum atomic E-state index is 13.2. The van der Waals surface area contributed by atoms with E-state index in [0.29, 0.717) is 17.3 Å². The first kappa shape index (κ1) is 14.8. The molecule has 3 rings (SSSR count). The van der Waals surface area contributed by atoms with Gasteiger partial charge in [0.25, 0.3) is 11.5 Å². The highest BCUT2D eigenvalue weighted by Gasteiger charge is 2.22. The summed E-state index contributed by atoms with van der Waals surface area (Å²) in [6.45, 7) is 0.799. The average molecular weight is 319 g/mol. The van der Waals surface area contributed by atoms with E-state index in [9.17, 15) is 14.0 Å². The topological polar surface area (TPSA) is 55.2 Å². The van der Waals surface area contributed by atoms with E-state index in [1.54, 1.807) is 19.2 Å². The lowest BCUT2D eigenvalue weighted by Crippen LogP contribution is -2.34. The zero-order chi connectivity index (χ0) is 15.7. The second-order valence-corrected chi connectivity index (χ2v) is 6.11. The third kappa shape index (κ3) is 2.76. The van der Waals surface area contributed by atoms with E-state index in [4.69, 9.17) is 0 Å². The molecule has 1 aromatic carbocycles. The fourth-order valence-corrected chi connectivity index (χ4v) is 3.26. The highest BCUT2D eigenvalue weighted by Crippen LogP contribution is 2.20. The monoisotopic (exact) mass is 319 g/mol. The Hall–Kier alpha value is -2.15. The Kier molecular flexibility index (Phi) is 3.98. The van der Waals surface area contributed by atoms with Crippen LogP contribution in [0.5, 0.6) is 0 Å². The Labute approximate surface area is 130 Å². The van der Waals surface area contributed by atoms with E-state index in [1.807, 2.05) is 0 Å². The largest absolute Gasteiger partial charge is 0.337 e. The summed E-state index contributed by atoms with van der Waals surface area (Å²) < 4.78 is 14.7. The molecule has 5 nitrogen and oxygen atoms in total. The van der Waals surface area contributed by atoms with E-state index in [0.717, 1.165) is 5.75 Å². The van der Waals surface area contributed by atoms with Gasteiger partial charge in [0.05, 0.1) is 0 Å². The van der Waals surface area contributed by atoms with Crippen LogP contribution in [0.25, 0.3) is 0 Å². The van der Waals surface area contributed by atoms with Crippen LogP contribution < -0.4 is 5.56 Å². The van der Waals surface area contributed by atoms with Crippen LogP contribution in [0.15, 0.2) is 40.4 Å². The van der Waals surface area contributed by atoms with E-state index < -0.39 is 5.91 Å². The molecule has 0 bridgehead atoms. The molecule has 1 aromatic heterocycles. The minimum atomic E-state index is -0.408. The van der Waals surface area contributed by atoms with Gasteiger partial charge >= 0.3 is 0 Å². The molecule has 0 unspecified atom stereocenters. The fourth-order valence-electron chi connectivity index (χ4n) is 2.35. The summed E-state index contributed by atoms with van der Waals surface area (Å²) in [5.74, 6) is 0.0301. The maximum Gasteiger partial charge on any atom is 0.267 e. The first-order valence-electron chi connectivity index (χ1n) is 6.79. The number of rotatable bonds is 3. The quantitative estimate of drug-likeness (QED) is 0.809. The van der Waals surface area contributed by atoms with Gasteiger partial charge in [-0.2, -0.15) is 0 Å². The van der Waals surface area contributed by atoms with Crippen LogP contribution >= 0.6 is 11.8 Å². The summed E-state index contributed by atoms with van der Waals surface area (Å²) in [5, 5.41) is 0.648. The minimum Gasteiger partial charge on any atom is -0.337 e. The molecule has 7 heteroatoms. The number of hydrogen-bond donors (Lipinski definition) is 0. The predicted octanol–water partition coefficient (Wildman–Crippen LogP) is 1.76. The second-order valence-electron chi connectivity index (χ2n) is 5.05. The van der Waals surface area contributed by atoms with E-state index in [2.05, 4.69) is 4.98 Å². The number of carbonyl (C=O) groups excluding carboxylic acids is 1. The Bertz CT molecular complexity index is 791. The van der Waals surface area contributed by atoms with Crippen LogP contribution in [0.2, 0.25) is 0 Å². The molecular formula is C15H14FN3O2S. The van der Waals surface area contributed by atoms with Gasteiger partial charge in [-0.05, 0) is 17.7 Å². The first-order chi connectivity index (χ1) is 10.6. The van der Waals surface area contributed by atoms with Crippen molar-refractivity contribution in [2.75, 3.05) is 12.8 Å². The highest BCUT2D eigenvalue weighted by atomic mass is 32.2. The molecule has 0 fully saturated rings. The van der Waals surface area contributed by atoms with E-state index >= 15 is 0 Å². The second kappa shape index (κ2) is 5.92. The SMILES string of the molecule is CN(Cc1cccc(F)c1)C(=O)c1cnc2n(c1=O)CCS2. The number of thioether (sulfide) groups is 1. The zero-order valence-corrected chi connectivity index (χ0v) is 12.8. The summed E-state index contributed by atoms with van der Waals surface area (Å²) in [4.78, 5) is 30.3. The van der Waals surface area contributed by atoms with Crippen LogP contribution in [0, 0.1) is 5.82 Å². The van der Waals surface area contributed by atoms with Crippen LogP contribution in [0.1, 0.15) is 15.9 Å². The average Bonchev–Trinajstić information content (AvgIpc) is 2.96. The Morgan fingerprint density at radius 3 is 3.09 bits per heavy atom. The fraction of sp³-hybridized carbons (Fsp3) is 0.267. The molecule has 114 valence electrons. The van der Waals surface area contributed by atoms with Crippen LogP contribution in [0.3, 0.4) is 0 Å². The Balaban J connectivity index is 1.83. The number of aromatic nitrogens is 2. The number of fused-ring (bicyclic) bond motifs is 1. The molecule has 2 aromatic rings. The number of hydrogen-bond acceptors (Lipinski definition) is 4. The summed E-state index contributed by atoms with van der Waals surface area (Å²) in [6, 6.07) is 6.04. The van der Waals surface area contributed by atoms with Crippen molar-refractivity contribution in [2.24, 2.45) is 0 Å². The molecule has 0 saturated heterocycles. The molecule has 0 atom stereocenters. The Morgan fingerprint density at radius 2 is 2.32 bits per heavy atom. The Morgan fingerprint density at radius 1 is 1.50 bits per heavy atom. The standard InChI is InChI=1S/C15H14FN3O2S/c1-18(9-10-3-2-4-11(16)7-10)13(20)12-8-17-15-19(14(12)21)5-6-22-15/h2-4,7-8H,5-6,9H2,1H3. The van der Waals surface area contributed by atoms with Crippen molar-refractivity contribution in [3.05, 3.63) is 57.8 Å². The van der Waals surface area contributed by atoms with Gasteiger partial charge in [-0.15, -0.1) is 0 Å². The van der Waals surface area contributed by atoms with Gasteiger partial charge < -0.3 is 4.90 Å². The molecular weight excluding hydrogens is 305 g/mol. The van der Waals surface area contributed by atoms with Crippen molar-refractivity contribution >= 4 is 17.7 Å². The van der Waals surface area contributed by atoms with Gasteiger partial charge in [-0.1, -0.05) is 23.9 Å². The van der Waals surface area contributed by atoms with Gasteiger partial charge in [0.15, 0.2) is 5.16 Å². The molecule has 0 spiro atoms. The number of nitrogens with zero attached hydrogens (tertiary/aromatic N) is 3. The lowest BCUT2D eigenvalue weighted by atomic mass is 10.2. The van der Waals surface area contributed by atoms with Gasteiger partial charge in [0, 0.05) is 32.1 Å². The number of benzene rings is 1. The predicted molar refractivity (Wildman–Crippen MR) is 81.4 cm³/mol. The molecule has 0 N–H and O–H groups in total. The maximum absolute atomic E-state index is 13.2. The molecule has 2 heterocycles. The van der Waals surface area contributed by atoms with Crippen molar-refractivity contribution in [2.45, 2.75) is 18.2 Å². The molecule has 22 heavy (non-hydrogen) atoms. The minimum absolute atomic E-state index is 0.0464. The number of halogens is 1. The highest BCUT2D eigenvalue weighted by molar-refractivity contribution is 7.99. The van der Waals surface area contributed by atoms with Crippen molar-refractivity contribution in [1.82, 2.24) is 14.5 Å². The van der Waals surface area contributed by atoms with Crippen molar-refractivity contribution in [3.8, 4) is 0 Å². The summed E-state index contributed by atoms with van der Waals surface area (Å²) >= 11 is 1.50. The molecule has 1 aliphatic rings. The van der Waals surface area contributed by atoms with Crippen molar-refractivity contribution in [1.29, 1.82) is 0 Å². The van der Waals surface area contributed by atoms with E-state index in [1.165, 1.54) is 39.6 Å². The lowest BCUT2D eigenvalue weighted by Gasteiger charge is -2.17. The summed E-state index contributed by atoms with van der Waals surface area (Å²) in [6.07, 6.45) is 1.33. The zero-order valence-electron chi connectivity index (χ0n) is 12.0. The number of amides is 1. The van der Waals surface area contributed by atoms with Crippen LogP contribution in [0.4, 0.5) is 4.39 Å². The van der Waals surface area contributed by atoms with Crippen LogP contribution in [-0.4, -0.2) is 33.2 Å². The summed E-state index contributed by atoms with van der Waals surface area (Å²) in [5.41, 5.74) is 0.400. The smallest absolute Gasteiger partial charge is 0.267 e.